The summed E-state index contributed by atoms with van der Waals surface area (Å²) in [7, 11) is 0. The lowest BCUT2D eigenvalue weighted by Crippen LogP contribution is -2.41. The SMILES string of the molecule is CCc1[nH]c(=O)ccc1C(=O)N1Cc2nnc(CCc3ccccc3)n2[C@@H](C)C1. The minimum atomic E-state index is -0.187. The molecular weight excluding hydrogens is 366 g/mol. The van der Waals surface area contributed by atoms with Crippen molar-refractivity contribution < 1.29 is 4.79 Å². The zero-order chi connectivity index (χ0) is 20.4. The molecule has 7 heteroatoms. The Labute approximate surface area is 169 Å². The number of aromatic amines is 1. The maximum atomic E-state index is 13.1. The first-order valence-corrected chi connectivity index (χ1v) is 10.0. The number of benzene rings is 1. The van der Waals surface area contributed by atoms with E-state index < -0.39 is 0 Å². The third-order valence-corrected chi connectivity index (χ3v) is 5.45. The van der Waals surface area contributed by atoms with Crippen molar-refractivity contribution in [1.29, 1.82) is 0 Å². The van der Waals surface area contributed by atoms with Crippen molar-refractivity contribution in [3.63, 3.8) is 0 Å². The summed E-state index contributed by atoms with van der Waals surface area (Å²) in [4.78, 5) is 29.3. The molecule has 0 saturated heterocycles. The highest BCUT2D eigenvalue weighted by Gasteiger charge is 2.30. The number of carbonyl (C=O) groups excluding carboxylic acids is 1. The van der Waals surface area contributed by atoms with Crippen LogP contribution in [0, 0.1) is 0 Å². The zero-order valence-electron chi connectivity index (χ0n) is 16.8. The molecule has 0 radical (unpaired) electrons. The van der Waals surface area contributed by atoms with Crippen LogP contribution in [0.2, 0.25) is 0 Å². The van der Waals surface area contributed by atoms with E-state index in [1.807, 2.05) is 25.1 Å². The fraction of sp³-hybridized carbons (Fsp3) is 0.364. The van der Waals surface area contributed by atoms with Crippen molar-refractivity contribution in [1.82, 2.24) is 24.6 Å². The van der Waals surface area contributed by atoms with E-state index in [1.54, 1.807) is 11.0 Å². The van der Waals surface area contributed by atoms with Crippen LogP contribution in [0.1, 0.15) is 53.2 Å². The molecule has 0 bridgehead atoms. The Morgan fingerprint density at radius 3 is 2.69 bits per heavy atom. The number of rotatable bonds is 5. The maximum Gasteiger partial charge on any atom is 0.256 e. The second-order valence-corrected chi connectivity index (χ2v) is 7.49. The van der Waals surface area contributed by atoms with Crippen LogP contribution in [-0.2, 0) is 25.8 Å². The van der Waals surface area contributed by atoms with Gasteiger partial charge in [0.25, 0.3) is 5.91 Å². The average molecular weight is 391 g/mol. The number of amides is 1. The van der Waals surface area contributed by atoms with Crippen LogP contribution >= 0.6 is 0 Å². The smallest absolute Gasteiger partial charge is 0.256 e. The maximum absolute atomic E-state index is 13.1. The molecule has 29 heavy (non-hydrogen) atoms. The van der Waals surface area contributed by atoms with Crippen LogP contribution < -0.4 is 5.56 Å². The molecule has 1 aromatic carbocycles. The number of aromatic nitrogens is 4. The number of hydrogen-bond acceptors (Lipinski definition) is 4. The van der Waals surface area contributed by atoms with Gasteiger partial charge in [-0.15, -0.1) is 10.2 Å². The molecule has 0 spiro atoms. The molecule has 3 heterocycles. The van der Waals surface area contributed by atoms with Crippen LogP contribution in [0.4, 0.5) is 0 Å². The molecule has 0 fully saturated rings. The van der Waals surface area contributed by atoms with Crippen molar-refractivity contribution in [2.24, 2.45) is 0 Å². The average Bonchev–Trinajstić information content (AvgIpc) is 3.16. The molecule has 0 unspecified atom stereocenters. The summed E-state index contributed by atoms with van der Waals surface area (Å²) in [5.41, 5.74) is 2.31. The highest BCUT2D eigenvalue weighted by Crippen LogP contribution is 2.24. The molecule has 0 saturated carbocycles. The van der Waals surface area contributed by atoms with Gasteiger partial charge in [0.1, 0.15) is 5.82 Å². The van der Waals surface area contributed by atoms with Crippen LogP contribution in [-0.4, -0.2) is 37.1 Å². The van der Waals surface area contributed by atoms with Gasteiger partial charge in [-0.25, -0.2) is 0 Å². The van der Waals surface area contributed by atoms with Gasteiger partial charge >= 0.3 is 0 Å². The van der Waals surface area contributed by atoms with E-state index in [1.165, 1.54) is 11.6 Å². The van der Waals surface area contributed by atoms with Gasteiger partial charge in [0.2, 0.25) is 5.56 Å². The number of nitrogens with zero attached hydrogens (tertiary/aromatic N) is 4. The van der Waals surface area contributed by atoms with Gasteiger partial charge in [-0.2, -0.15) is 0 Å². The van der Waals surface area contributed by atoms with E-state index in [0.717, 1.165) is 24.5 Å². The van der Waals surface area contributed by atoms with Gasteiger partial charge in [0.05, 0.1) is 18.2 Å². The monoisotopic (exact) mass is 391 g/mol. The molecule has 150 valence electrons. The number of pyridine rings is 1. The molecule has 1 aliphatic heterocycles. The number of fused-ring (bicyclic) bond motifs is 1. The lowest BCUT2D eigenvalue weighted by molar-refractivity contribution is 0.0678. The van der Waals surface area contributed by atoms with Gasteiger partial charge in [-0.3, -0.25) is 9.59 Å². The number of carbonyl (C=O) groups is 1. The predicted octanol–water partition coefficient (Wildman–Crippen LogP) is 2.53. The molecule has 2 aromatic heterocycles. The molecule has 1 aliphatic rings. The Balaban J connectivity index is 1.53. The van der Waals surface area contributed by atoms with Crippen molar-refractivity contribution in [3.05, 3.63) is 81.3 Å². The number of nitrogens with one attached hydrogen (secondary N) is 1. The summed E-state index contributed by atoms with van der Waals surface area (Å²) in [6.45, 7) is 5.02. The number of hydrogen-bond donors (Lipinski definition) is 1. The summed E-state index contributed by atoms with van der Waals surface area (Å²) in [5, 5.41) is 8.77. The quantitative estimate of drug-likeness (QED) is 0.724. The standard InChI is InChI=1S/C22H25N5O2/c1-3-18-17(10-12-21(28)23-18)22(29)26-13-15(2)27-19(24-25-20(27)14-26)11-9-16-7-5-4-6-8-16/h4-8,10,12,15H,3,9,11,13-14H2,1-2H3,(H,23,28)/t15-/m0/s1. The van der Waals surface area contributed by atoms with Gasteiger partial charge in [0.15, 0.2) is 5.82 Å². The second kappa shape index (κ2) is 8.03. The van der Waals surface area contributed by atoms with Crippen molar-refractivity contribution in [2.75, 3.05) is 6.54 Å². The summed E-state index contributed by atoms with van der Waals surface area (Å²) < 4.78 is 2.17. The minimum absolute atomic E-state index is 0.0787. The lowest BCUT2D eigenvalue weighted by Gasteiger charge is -2.33. The Bertz CT molecular complexity index is 1070. The topological polar surface area (TPSA) is 83.9 Å². The Hall–Kier alpha value is -3.22. The second-order valence-electron chi connectivity index (χ2n) is 7.49. The molecular formula is C22H25N5O2. The largest absolute Gasteiger partial charge is 0.329 e. The van der Waals surface area contributed by atoms with Gasteiger partial charge in [-0.05, 0) is 31.4 Å². The van der Waals surface area contributed by atoms with E-state index in [9.17, 15) is 9.59 Å². The summed E-state index contributed by atoms with van der Waals surface area (Å²) in [5.74, 6) is 1.69. The third-order valence-electron chi connectivity index (χ3n) is 5.45. The van der Waals surface area contributed by atoms with E-state index >= 15 is 0 Å². The van der Waals surface area contributed by atoms with E-state index in [2.05, 4.69) is 38.8 Å². The van der Waals surface area contributed by atoms with Gasteiger partial charge < -0.3 is 14.5 Å². The molecule has 1 N–H and O–H groups in total. The van der Waals surface area contributed by atoms with Crippen LogP contribution in [0.3, 0.4) is 0 Å². The molecule has 4 rings (SSSR count). The molecule has 0 aliphatic carbocycles. The molecule has 7 nitrogen and oxygen atoms in total. The third kappa shape index (κ3) is 3.85. The van der Waals surface area contributed by atoms with E-state index in [-0.39, 0.29) is 17.5 Å². The molecule has 1 atom stereocenters. The van der Waals surface area contributed by atoms with Crippen molar-refractivity contribution >= 4 is 5.91 Å². The number of aryl methyl sites for hydroxylation is 3. The normalized spacial score (nSPS) is 15.9. The molecule has 1 amide bonds. The minimum Gasteiger partial charge on any atom is -0.329 e. The van der Waals surface area contributed by atoms with Gasteiger partial charge in [0, 0.05) is 24.7 Å². The van der Waals surface area contributed by atoms with Crippen LogP contribution in [0.5, 0.6) is 0 Å². The number of H-pyrrole nitrogens is 1. The fourth-order valence-electron chi connectivity index (χ4n) is 4.01. The first-order valence-electron chi connectivity index (χ1n) is 10.0. The predicted molar refractivity (Wildman–Crippen MR) is 110 cm³/mol. The summed E-state index contributed by atoms with van der Waals surface area (Å²) >= 11 is 0. The van der Waals surface area contributed by atoms with E-state index in [4.69, 9.17) is 0 Å². The van der Waals surface area contributed by atoms with E-state index in [0.29, 0.717) is 30.8 Å². The van der Waals surface area contributed by atoms with Crippen LogP contribution in [0.15, 0.2) is 47.3 Å². The Morgan fingerprint density at radius 2 is 1.93 bits per heavy atom. The first kappa shape index (κ1) is 19.1. The van der Waals surface area contributed by atoms with Crippen LogP contribution in [0.25, 0.3) is 0 Å². The summed E-state index contributed by atoms with van der Waals surface area (Å²) in [6.07, 6.45) is 2.32. The van der Waals surface area contributed by atoms with Crippen molar-refractivity contribution in [2.45, 2.75) is 45.7 Å². The fourth-order valence-corrected chi connectivity index (χ4v) is 4.01. The Morgan fingerprint density at radius 1 is 1.14 bits per heavy atom. The van der Waals surface area contributed by atoms with Gasteiger partial charge in [-0.1, -0.05) is 37.3 Å². The summed E-state index contributed by atoms with van der Waals surface area (Å²) in [6, 6.07) is 13.5. The highest BCUT2D eigenvalue weighted by atomic mass is 16.2. The van der Waals surface area contributed by atoms with Crippen molar-refractivity contribution in [3.8, 4) is 0 Å². The Kier molecular flexibility index (Phi) is 5.29. The molecule has 3 aromatic rings. The first-order chi connectivity index (χ1) is 14.1. The highest BCUT2D eigenvalue weighted by molar-refractivity contribution is 5.95. The lowest BCUT2D eigenvalue weighted by atomic mass is 10.1. The zero-order valence-corrected chi connectivity index (χ0v) is 16.8.